The van der Waals surface area contributed by atoms with E-state index in [-0.39, 0.29) is 36.0 Å². The highest BCUT2D eigenvalue weighted by atomic mass is 32.2. The zero-order valence-corrected chi connectivity index (χ0v) is 20.2. The molecule has 0 bridgehead atoms. The number of amides is 1. The van der Waals surface area contributed by atoms with Crippen LogP contribution in [-0.4, -0.2) is 69.6 Å². The van der Waals surface area contributed by atoms with Gasteiger partial charge in [-0.15, -0.1) is 0 Å². The van der Waals surface area contributed by atoms with E-state index in [1.165, 1.54) is 11.4 Å². The number of piperazine rings is 1. The van der Waals surface area contributed by atoms with Crippen LogP contribution in [0.25, 0.3) is 0 Å². The summed E-state index contributed by atoms with van der Waals surface area (Å²) < 4.78 is 32.3. The van der Waals surface area contributed by atoms with E-state index in [1.807, 2.05) is 20.0 Å². The Morgan fingerprint density at radius 3 is 2.30 bits per heavy atom. The van der Waals surface area contributed by atoms with Gasteiger partial charge >= 0.3 is 0 Å². The van der Waals surface area contributed by atoms with Crippen LogP contribution in [0.2, 0.25) is 0 Å². The molecule has 2 aromatic rings. The number of sulfonamides is 1. The fourth-order valence-electron chi connectivity index (χ4n) is 3.65. The number of ether oxygens (including phenoxy) is 1. The molecule has 3 rings (SSSR count). The second-order valence-electron chi connectivity index (χ2n) is 8.25. The summed E-state index contributed by atoms with van der Waals surface area (Å²) in [6, 6.07) is 11.9. The van der Waals surface area contributed by atoms with Gasteiger partial charge in [0, 0.05) is 45.6 Å². The summed E-state index contributed by atoms with van der Waals surface area (Å²) in [5.74, 6) is 0.103. The molecule has 1 amide bonds. The molecule has 9 heteroatoms. The summed E-state index contributed by atoms with van der Waals surface area (Å²) in [6.45, 7) is 4.53. The number of carbonyl (C=O) groups is 2. The van der Waals surface area contributed by atoms with Gasteiger partial charge in [0.25, 0.3) is 0 Å². The van der Waals surface area contributed by atoms with E-state index < -0.39 is 10.0 Å². The SMILES string of the molecule is COc1ccc(C)cc1C(=O)CCC(=O)NCc1ccc(S(=O)(=O)N2CCN(C)CC2)cc1. The number of ketones is 1. The molecule has 0 radical (unpaired) electrons. The van der Waals surface area contributed by atoms with Crippen LogP contribution in [0, 0.1) is 6.92 Å². The summed E-state index contributed by atoms with van der Waals surface area (Å²) in [4.78, 5) is 27.1. The first kappa shape index (κ1) is 24.9. The Hall–Kier alpha value is -2.75. The summed E-state index contributed by atoms with van der Waals surface area (Å²) in [7, 11) is -0.0310. The molecule has 1 fully saturated rings. The number of nitrogens with zero attached hydrogens (tertiary/aromatic N) is 2. The van der Waals surface area contributed by atoms with E-state index in [9.17, 15) is 18.0 Å². The molecule has 178 valence electrons. The minimum Gasteiger partial charge on any atom is -0.496 e. The number of carbonyl (C=O) groups excluding carboxylic acids is 2. The molecule has 0 saturated carbocycles. The van der Waals surface area contributed by atoms with Crippen LogP contribution in [0.3, 0.4) is 0 Å². The van der Waals surface area contributed by atoms with Crippen molar-refractivity contribution in [2.24, 2.45) is 0 Å². The maximum Gasteiger partial charge on any atom is 0.243 e. The van der Waals surface area contributed by atoms with Gasteiger partial charge in [0.2, 0.25) is 15.9 Å². The van der Waals surface area contributed by atoms with Gasteiger partial charge < -0.3 is 15.0 Å². The molecule has 2 aromatic carbocycles. The third kappa shape index (κ3) is 6.40. The molecule has 1 saturated heterocycles. The molecular weight excluding hydrogens is 442 g/mol. The Kier molecular flexibility index (Phi) is 8.23. The number of nitrogens with one attached hydrogen (secondary N) is 1. The van der Waals surface area contributed by atoms with E-state index in [0.29, 0.717) is 37.5 Å². The normalized spacial score (nSPS) is 15.2. The third-order valence-corrected chi connectivity index (χ3v) is 7.66. The van der Waals surface area contributed by atoms with Gasteiger partial charge in [-0.3, -0.25) is 9.59 Å². The predicted molar refractivity (Wildman–Crippen MR) is 126 cm³/mol. The standard InChI is InChI=1S/C24H31N3O5S/c1-18-4-10-23(32-3)21(16-18)22(28)9-11-24(29)25-17-19-5-7-20(8-6-19)33(30,31)27-14-12-26(2)13-15-27/h4-8,10,16H,9,11-15,17H2,1-3H3,(H,25,29). The number of likely N-dealkylation sites (N-methyl/N-ethyl adjacent to an activating group) is 1. The van der Waals surface area contributed by atoms with Crippen LogP contribution in [-0.2, 0) is 21.4 Å². The summed E-state index contributed by atoms with van der Waals surface area (Å²) >= 11 is 0. The number of hydrogen-bond donors (Lipinski definition) is 1. The highest BCUT2D eigenvalue weighted by Gasteiger charge is 2.27. The van der Waals surface area contributed by atoms with Gasteiger partial charge in [-0.1, -0.05) is 23.8 Å². The van der Waals surface area contributed by atoms with Crippen LogP contribution in [0.1, 0.15) is 34.3 Å². The molecule has 1 heterocycles. The minimum atomic E-state index is -3.52. The fraction of sp³-hybridized carbons (Fsp3) is 0.417. The molecule has 8 nitrogen and oxygen atoms in total. The average Bonchev–Trinajstić information content (AvgIpc) is 2.81. The largest absolute Gasteiger partial charge is 0.496 e. The molecule has 0 atom stereocenters. The van der Waals surface area contributed by atoms with Crippen molar-refractivity contribution in [3.05, 3.63) is 59.2 Å². The van der Waals surface area contributed by atoms with E-state index in [0.717, 1.165) is 11.1 Å². The molecular formula is C24H31N3O5S. The third-order valence-electron chi connectivity index (χ3n) is 5.75. The Morgan fingerprint density at radius 2 is 1.67 bits per heavy atom. The molecule has 0 aliphatic carbocycles. The number of hydrogen-bond acceptors (Lipinski definition) is 6. The molecule has 33 heavy (non-hydrogen) atoms. The molecule has 0 spiro atoms. The van der Waals surface area contributed by atoms with Crippen LogP contribution in [0.5, 0.6) is 5.75 Å². The lowest BCUT2D eigenvalue weighted by molar-refractivity contribution is -0.121. The first-order valence-electron chi connectivity index (χ1n) is 10.9. The zero-order valence-electron chi connectivity index (χ0n) is 19.3. The van der Waals surface area contributed by atoms with E-state index in [1.54, 1.807) is 36.4 Å². The number of methoxy groups -OCH3 is 1. The summed E-state index contributed by atoms with van der Waals surface area (Å²) in [6.07, 6.45) is 0.139. The quantitative estimate of drug-likeness (QED) is 0.561. The van der Waals surface area contributed by atoms with Gasteiger partial charge in [-0.05, 0) is 43.8 Å². The summed E-state index contributed by atoms with van der Waals surface area (Å²) in [5, 5.41) is 2.78. The number of aryl methyl sites for hydroxylation is 1. The van der Waals surface area contributed by atoms with Crippen molar-refractivity contribution in [3.63, 3.8) is 0 Å². The van der Waals surface area contributed by atoms with Crippen molar-refractivity contribution in [1.29, 1.82) is 0 Å². The highest BCUT2D eigenvalue weighted by molar-refractivity contribution is 7.89. The van der Waals surface area contributed by atoms with Crippen LogP contribution < -0.4 is 10.1 Å². The summed E-state index contributed by atoms with van der Waals surface area (Å²) in [5.41, 5.74) is 2.21. The van der Waals surface area contributed by atoms with Crippen molar-refractivity contribution >= 4 is 21.7 Å². The van der Waals surface area contributed by atoms with E-state index in [4.69, 9.17) is 4.74 Å². The van der Waals surface area contributed by atoms with Gasteiger partial charge in [-0.25, -0.2) is 8.42 Å². The lowest BCUT2D eigenvalue weighted by Crippen LogP contribution is -2.47. The smallest absolute Gasteiger partial charge is 0.243 e. The Balaban J connectivity index is 1.50. The first-order chi connectivity index (χ1) is 15.7. The monoisotopic (exact) mass is 473 g/mol. The maximum atomic E-state index is 12.8. The number of Topliss-reactive ketones (excluding diaryl/α,β-unsaturated/α-hetero) is 1. The van der Waals surface area contributed by atoms with Crippen LogP contribution >= 0.6 is 0 Å². The second kappa shape index (κ2) is 10.9. The lowest BCUT2D eigenvalue weighted by atomic mass is 10.0. The van der Waals surface area contributed by atoms with Crippen molar-refractivity contribution in [3.8, 4) is 5.75 Å². The maximum absolute atomic E-state index is 12.8. The minimum absolute atomic E-state index is 0.0613. The zero-order chi connectivity index (χ0) is 24.0. The topological polar surface area (TPSA) is 96.0 Å². The first-order valence-corrected chi connectivity index (χ1v) is 12.4. The van der Waals surface area contributed by atoms with Crippen molar-refractivity contribution in [1.82, 2.24) is 14.5 Å². The molecule has 0 unspecified atom stereocenters. The molecule has 1 N–H and O–H groups in total. The molecule has 1 aliphatic heterocycles. The second-order valence-corrected chi connectivity index (χ2v) is 10.2. The van der Waals surface area contributed by atoms with Crippen LogP contribution in [0.4, 0.5) is 0 Å². The fourth-order valence-corrected chi connectivity index (χ4v) is 5.07. The van der Waals surface area contributed by atoms with E-state index >= 15 is 0 Å². The van der Waals surface area contributed by atoms with Crippen LogP contribution in [0.15, 0.2) is 47.4 Å². The van der Waals surface area contributed by atoms with Gasteiger partial charge in [-0.2, -0.15) is 4.31 Å². The molecule has 1 aliphatic rings. The van der Waals surface area contributed by atoms with E-state index in [2.05, 4.69) is 10.2 Å². The molecule has 0 aromatic heterocycles. The predicted octanol–water partition coefficient (Wildman–Crippen LogP) is 2.22. The van der Waals surface area contributed by atoms with Gasteiger partial charge in [0.1, 0.15) is 5.75 Å². The van der Waals surface area contributed by atoms with Crippen molar-refractivity contribution in [2.75, 3.05) is 40.3 Å². The Labute approximate surface area is 195 Å². The Bertz CT molecular complexity index is 1090. The highest BCUT2D eigenvalue weighted by Crippen LogP contribution is 2.22. The van der Waals surface area contributed by atoms with Gasteiger partial charge in [0.15, 0.2) is 5.78 Å². The number of rotatable bonds is 9. The Morgan fingerprint density at radius 1 is 1.00 bits per heavy atom. The van der Waals surface area contributed by atoms with Crippen molar-refractivity contribution in [2.45, 2.75) is 31.2 Å². The average molecular weight is 474 g/mol. The van der Waals surface area contributed by atoms with Crippen molar-refractivity contribution < 1.29 is 22.7 Å². The lowest BCUT2D eigenvalue weighted by Gasteiger charge is -2.31. The van der Waals surface area contributed by atoms with Gasteiger partial charge in [0.05, 0.1) is 17.6 Å². The number of benzene rings is 2.